The Hall–Kier alpha value is -1.38. The second kappa shape index (κ2) is 1.13. The van der Waals surface area contributed by atoms with Gasteiger partial charge in [-0.15, -0.1) is 0 Å². The fourth-order valence-electron chi connectivity index (χ4n) is 0.826. The van der Waals surface area contributed by atoms with E-state index < -0.39 is 0 Å². The molecule has 0 unspecified atom stereocenters. The molecule has 0 amide bonds. The second-order valence-electron chi connectivity index (χ2n) is 1.86. The van der Waals surface area contributed by atoms with E-state index in [-0.39, 0.29) is 11.5 Å². The first kappa shape index (κ1) is 4.49. The molecule has 2 aromatic rings. The first-order valence-electron chi connectivity index (χ1n) is 2.52. The van der Waals surface area contributed by atoms with E-state index in [9.17, 15) is 0 Å². The molecule has 0 saturated heterocycles. The summed E-state index contributed by atoms with van der Waals surface area (Å²) in [4.78, 5) is 0. The highest BCUT2D eigenvalue weighted by atomic mass is 16.4. The Morgan fingerprint density at radius 1 is 1.00 bits per heavy atom. The monoisotopic (exact) mass is 124 g/mol. The molecular weight excluding hydrogens is 120 g/mol. The number of phenols is 2. The highest BCUT2D eigenvalue weighted by molar-refractivity contribution is 5.78. The van der Waals surface area contributed by atoms with Gasteiger partial charge in [0.25, 0.3) is 0 Å². The van der Waals surface area contributed by atoms with E-state index in [1.54, 1.807) is 12.1 Å². The maximum absolute atomic E-state index is 8.88. The van der Waals surface area contributed by atoms with Crippen LogP contribution < -0.4 is 0 Å². The molecule has 3 heteroatoms. The molecule has 2 bridgehead atoms. The zero-order valence-electron chi connectivity index (χ0n) is 4.46. The predicted octanol–water partition coefficient (Wildman–Crippen LogP) is 1.28. The minimum absolute atomic E-state index is 0.160. The minimum atomic E-state index is -0.160. The Kier molecular flexibility index (Phi) is 0.563. The lowest BCUT2D eigenvalue weighted by Gasteiger charge is -1.84. The van der Waals surface area contributed by atoms with Crippen molar-refractivity contribution in [3.05, 3.63) is 12.1 Å². The molecule has 0 spiro atoms. The second-order valence-corrected chi connectivity index (χ2v) is 1.86. The van der Waals surface area contributed by atoms with Gasteiger partial charge in [-0.2, -0.15) is 0 Å². The molecule has 2 rings (SSSR count). The minimum Gasteiger partial charge on any atom is -0.502 e. The van der Waals surface area contributed by atoms with Gasteiger partial charge in [-0.25, -0.2) is 0 Å². The van der Waals surface area contributed by atoms with E-state index in [1.165, 1.54) is 0 Å². The number of hydrogen-bond acceptors (Lipinski definition) is 3. The van der Waals surface area contributed by atoms with Crippen molar-refractivity contribution in [3.8, 4) is 11.5 Å². The smallest absolute Gasteiger partial charge is 0.205 e. The van der Waals surface area contributed by atoms with Crippen LogP contribution in [0.1, 0.15) is 0 Å². The van der Waals surface area contributed by atoms with Gasteiger partial charge < -0.3 is 14.6 Å². The predicted molar refractivity (Wildman–Crippen MR) is 30.7 cm³/mol. The molecule has 2 N–H and O–H groups in total. The molecule has 3 nitrogen and oxygen atoms in total. The van der Waals surface area contributed by atoms with Gasteiger partial charge in [0.2, 0.25) is 11.5 Å². The first-order chi connectivity index (χ1) is 4.29. The third-order valence-electron chi connectivity index (χ3n) is 1.30. The summed E-state index contributed by atoms with van der Waals surface area (Å²) in [5.74, 6) is -0.319. The normalized spacial score (nSPS) is 11.1. The molecule has 2 aromatic heterocycles. The number of benzene rings is 1. The standard InChI is InChI=1S/C6H4O3/c7-5-3-1-2-4(9-3)6(5)8/h1-2,7-8H. The quantitative estimate of drug-likeness (QED) is 0.520. The van der Waals surface area contributed by atoms with Crippen LogP contribution in [-0.4, -0.2) is 10.2 Å². The summed E-state index contributed by atoms with van der Waals surface area (Å²) in [5, 5.41) is 17.8. The van der Waals surface area contributed by atoms with Gasteiger partial charge >= 0.3 is 0 Å². The van der Waals surface area contributed by atoms with Crippen LogP contribution in [0.3, 0.4) is 0 Å². The van der Waals surface area contributed by atoms with Crippen LogP contribution in [-0.2, 0) is 0 Å². The number of aromatic hydroxyl groups is 2. The fourth-order valence-corrected chi connectivity index (χ4v) is 0.826. The Morgan fingerprint density at radius 2 is 1.44 bits per heavy atom. The molecule has 0 atom stereocenters. The average Bonchev–Trinajstić information content (AvgIpc) is 2.37. The Morgan fingerprint density at radius 3 is 1.67 bits per heavy atom. The van der Waals surface area contributed by atoms with Crippen molar-refractivity contribution in [2.75, 3.05) is 0 Å². The summed E-state index contributed by atoms with van der Waals surface area (Å²) in [6.45, 7) is 0. The first-order valence-corrected chi connectivity index (χ1v) is 2.52. The SMILES string of the molecule is Oc1c(O)c2ccc1o2. The van der Waals surface area contributed by atoms with Crippen LogP contribution >= 0.6 is 0 Å². The van der Waals surface area contributed by atoms with E-state index in [0.717, 1.165) is 0 Å². The third-order valence-corrected chi connectivity index (χ3v) is 1.30. The van der Waals surface area contributed by atoms with Crippen molar-refractivity contribution in [1.82, 2.24) is 0 Å². The van der Waals surface area contributed by atoms with E-state index in [0.29, 0.717) is 11.2 Å². The van der Waals surface area contributed by atoms with E-state index in [2.05, 4.69) is 0 Å². The summed E-state index contributed by atoms with van der Waals surface area (Å²) in [6.07, 6.45) is 0. The van der Waals surface area contributed by atoms with Gasteiger partial charge in [0, 0.05) is 0 Å². The van der Waals surface area contributed by atoms with Crippen LogP contribution in [0.2, 0.25) is 0 Å². The highest BCUT2D eigenvalue weighted by Crippen LogP contribution is 2.39. The summed E-state index contributed by atoms with van der Waals surface area (Å²) in [6, 6.07) is 3.20. The molecule has 46 valence electrons. The lowest BCUT2D eigenvalue weighted by atomic mass is 10.3. The van der Waals surface area contributed by atoms with Crippen LogP contribution in [0, 0.1) is 0 Å². The number of phenolic OH excluding ortho intramolecular Hbond substituents is 2. The largest absolute Gasteiger partial charge is 0.502 e. The van der Waals surface area contributed by atoms with Crippen molar-refractivity contribution >= 4 is 11.2 Å². The summed E-state index contributed by atoms with van der Waals surface area (Å²) >= 11 is 0. The molecule has 0 radical (unpaired) electrons. The van der Waals surface area contributed by atoms with Crippen molar-refractivity contribution < 1.29 is 14.6 Å². The van der Waals surface area contributed by atoms with Crippen molar-refractivity contribution in [1.29, 1.82) is 0 Å². The maximum Gasteiger partial charge on any atom is 0.205 e. The Labute approximate surface area is 50.5 Å². The van der Waals surface area contributed by atoms with Crippen LogP contribution in [0.4, 0.5) is 0 Å². The molecule has 2 heterocycles. The van der Waals surface area contributed by atoms with E-state index in [1.807, 2.05) is 0 Å². The molecule has 0 fully saturated rings. The number of hydrogen-bond donors (Lipinski definition) is 2. The molecule has 0 aliphatic rings. The van der Waals surface area contributed by atoms with Gasteiger partial charge in [0.1, 0.15) is 0 Å². The molecule has 9 heavy (non-hydrogen) atoms. The van der Waals surface area contributed by atoms with Gasteiger partial charge in [0.15, 0.2) is 11.2 Å². The lowest BCUT2D eigenvalue weighted by molar-refractivity contribution is 0.414. The molecular formula is C6H4O3. The number of fused-ring (bicyclic) bond motifs is 2. The topological polar surface area (TPSA) is 53.6 Å². The summed E-state index contributed by atoms with van der Waals surface area (Å²) < 4.78 is 4.84. The third kappa shape index (κ3) is 0.367. The van der Waals surface area contributed by atoms with E-state index in [4.69, 9.17) is 14.6 Å². The summed E-state index contributed by atoms with van der Waals surface area (Å²) in [5.41, 5.74) is 0.671. The van der Waals surface area contributed by atoms with Crippen molar-refractivity contribution in [2.24, 2.45) is 0 Å². The van der Waals surface area contributed by atoms with Crippen LogP contribution in [0.5, 0.6) is 11.5 Å². The van der Waals surface area contributed by atoms with Gasteiger partial charge in [-0.05, 0) is 12.1 Å². The van der Waals surface area contributed by atoms with Crippen LogP contribution in [0.15, 0.2) is 16.5 Å². The molecule has 0 saturated carbocycles. The zero-order chi connectivity index (χ0) is 6.43. The molecule has 0 aliphatic heterocycles. The Balaban J connectivity index is 2.99. The molecule has 0 aliphatic carbocycles. The Bertz CT molecular complexity index is 292. The summed E-state index contributed by atoms with van der Waals surface area (Å²) in [7, 11) is 0. The van der Waals surface area contributed by atoms with E-state index >= 15 is 0 Å². The van der Waals surface area contributed by atoms with Gasteiger partial charge in [0.05, 0.1) is 0 Å². The van der Waals surface area contributed by atoms with Crippen molar-refractivity contribution in [3.63, 3.8) is 0 Å². The average molecular weight is 124 g/mol. The van der Waals surface area contributed by atoms with Gasteiger partial charge in [-0.3, -0.25) is 0 Å². The van der Waals surface area contributed by atoms with Crippen LogP contribution in [0.25, 0.3) is 11.2 Å². The highest BCUT2D eigenvalue weighted by Gasteiger charge is 2.13. The zero-order valence-corrected chi connectivity index (χ0v) is 4.46. The van der Waals surface area contributed by atoms with Crippen molar-refractivity contribution in [2.45, 2.75) is 0 Å². The lowest BCUT2D eigenvalue weighted by Crippen LogP contribution is -1.60. The molecule has 0 aromatic carbocycles. The fraction of sp³-hybridized carbons (Fsp3) is 0. The van der Waals surface area contributed by atoms with Gasteiger partial charge in [-0.1, -0.05) is 0 Å². The maximum atomic E-state index is 8.88. The number of rotatable bonds is 0. The number of furan rings is 2.